The molecule has 10 nitrogen and oxygen atoms in total. The van der Waals surface area contributed by atoms with Gasteiger partial charge in [0.15, 0.2) is 0 Å². The molecule has 1 aliphatic heterocycles. The van der Waals surface area contributed by atoms with Crippen molar-refractivity contribution in [3.05, 3.63) is 76.9 Å². The van der Waals surface area contributed by atoms with E-state index in [1.54, 1.807) is 49.5 Å². The molecule has 0 aromatic heterocycles. The number of anilines is 2. The van der Waals surface area contributed by atoms with Crippen molar-refractivity contribution < 1.29 is 32.4 Å². The summed E-state index contributed by atoms with van der Waals surface area (Å²) >= 11 is 0. The number of nitrogens with two attached hydrogens (primary N) is 2. The van der Waals surface area contributed by atoms with Crippen molar-refractivity contribution in [2.24, 2.45) is 0 Å². The van der Waals surface area contributed by atoms with Gasteiger partial charge < -0.3 is 26.2 Å². The zero-order valence-electron chi connectivity index (χ0n) is 19.3. The second-order valence-corrected chi connectivity index (χ2v) is 9.94. The first-order valence-electron chi connectivity index (χ1n) is 11.0. The molecular formula is C25H25N3O7S. The average molecular weight is 512 g/mol. The second-order valence-electron chi connectivity index (χ2n) is 8.55. The summed E-state index contributed by atoms with van der Waals surface area (Å²) in [6, 6.07) is 14.5. The van der Waals surface area contributed by atoms with Crippen molar-refractivity contribution in [3.8, 4) is 11.5 Å². The molecule has 188 valence electrons. The van der Waals surface area contributed by atoms with Gasteiger partial charge in [-0.25, -0.2) is 0 Å². The second kappa shape index (κ2) is 9.51. The highest BCUT2D eigenvalue weighted by molar-refractivity contribution is 7.86. The quantitative estimate of drug-likeness (QED) is 0.214. The monoisotopic (exact) mass is 511 g/mol. The first kappa shape index (κ1) is 25.0. The minimum atomic E-state index is -4.64. The number of carbonyl (C=O) groups excluding carboxylic acids is 1. The number of benzene rings is 3. The van der Waals surface area contributed by atoms with Gasteiger partial charge in [0, 0.05) is 60.4 Å². The van der Waals surface area contributed by atoms with Gasteiger partial charge >= 0.3 is 5.97 Å². The van der Waals surface area contributed by atoms with E-state index in [0.717, 1.165) is 0 Å². The van der Waals surface area contributed by atoms with Crippen molar-refractivity contribution in [1.29, 1.82) is 0 Å². The van der Waals surface area contributed by atoms with Crippen molar-refractivity contribution in [3.63, 3.8) is 0 Å². The average Bonchev–Trinajstić information content (AvgIpc) is 2.80. The largest absolute Gasteiger partial charge is 0.481 e. The molecular weight excluding hydrogens is 486 g/mol. The molecule has 0 spiro atoms. The molecule has 1 atom stereocenters. The van der Waals surface area contributed by atoms with E-state index in [1.165, 1.54) is 17.0 Å². The molecule has 3 aromatic carbocycles. The standard InChI is InChI=1S/C25H25N3O7S/c1-28(10-4-7-23(29)30)25(31)16-6-3-2-5-15(16)24-17-9-8-14(26)11-20(17)35-21-13-19(27)22(12-18(21)24)36(32,33)34/h2-3,5-6,8-9,11-13,24H,4,7,10,26-27H2,1H3,(H,29,30)(H,32,33,34). The van der Waals surface area contributed by atoms with E-state index in [0.29, 0.717) is 40.1 Å². The molecule has 4 rings (SSSR count). The van der Waals surface area contributed by atoms with Crippen molar-refractivity contribution in [1.82, 2.24) is 4.90 Å². The van der Waals surface area contributed by atoms with E-state index in [1.807, 2.05) is 0 Å². The fraction of sp³-hybridized carbons (Fsp3) is 0.200. The zero-order chi connectivity index (χ0) is 26.2. The maximum Gasteiger partial charge on any atom is 0.303 e. The molecule has 3 aromatic rings. The first-order valence-corrected chi connectivity index (χ1v) is 12.5. The highest BCUT2D eigenvalue weighted by atomic mass is 32.2. The Bertz CT molecular complexity index is 1470. The van der Waals surface area contributed by atoms with E-state index in [2.05, 4.69) is 0 Å². The van der Waals surface area contributed by atoms with Crippen LogP contribution in [0.1, 0.15) is 45.8 Å². The molecule has 11 heteroatoms. The number of carboxylic acids is 1. The van der Waals surface area contributed by atoms with E-state index < -0.39 is 26.9 Å². The molecule has 1 amide bonds. The Hall–Kier alpha value is -4.09. The highest BCUT2D eigenvalue weighted by Gasteiger charge is 2.34. The van der Waals surface area contributed by atoms with Crippen LogP contribution in [-0.4, -0.2) is 48.4 Å². The Kier molecular flexibility index (Phi) is 6.61. The fourth-order valence-electron chi connectivity index (χ4n) is 4.35. The van der Waals surface area contributed by atoms with Crippen LogP contribution in [0, 0.1) is 0 Å². The van der Waals surface area contributed by atoms with Gasteiger partial charge in [0.2, 0.25) is 0 Å². The van der Waals surface area contributed by atoms with Gasteiger partial charge in [0.05, 0.1) is 5.69 Å². The number of hydrogen-bond donors (Lipinski definition) is 4. The molecule has 1 unspecified atom stereocenters. The maximum atomic E-state index is 13.4. The Balaban J connectivity index is 1.88. The Morgan fingerprint density at radius 2 is 1.69 bits per heavy atom. The number of carboxylic acid groups (broad SMARTS) is 1. The van der Waals surface area contributed by atoms with Crippen LogP contribution in [0.4, 0.5) is 11.4 Å². The van der Waals surface area contributed by atoms with Gasteiger partial charge in [-0.05, 0) is 30.2 Å². The summed E-state index contributed by atoms with van der Waals surface area (Å²) in [5.41, 5.74) is 14.1. The Labute approximate surface area is 207 Å². The molecule has 0 fully saturated rings. The number of rotatable bonds is 7. The minimum absolute atomic E-state index is 0.0682. The third-order valence-corrected chi connectivity index (χ3v) is 6.94. The van der Waals surface area contributed by atoms with Crippen LogP contribution in [0.3, 0.4) is 0 Å². The Morgan fingerprint density at radius 1 is 1.00 bits per heavy atom. The summed E-state index contributed by atoms with van der Waals surface area (Å²) in [6.45, 7) is 0.236. The van der Waals surface area contributed by atoms with Crippen LogP contribution < -0.4 is 16.2 Å². The number of carbonyl (C=O) groups is 2. The van der Waals surface area contributed by atoms with Crippen molar-refractivity contribution >= 4 is 33.4 Å². The zero-order valence-corrected chi connectivity index (χ0v) is 20.2. The summed E-state index contributed by atoms with van der Waals surface area (Å²) in [5.74, 6) is -1.24. The molecule has 0 saturated heterocycles. The minimum Gasteiger partial charge on any atom is -0.481 e. The van der Waals surface area contributed by atoms with Crippen molar-refractivity contribution in [2.45, 2.75) is 23.7 Å². The number of aliphatic carboxylic acids is 1. The predicted molar refractivity (Wildman–Crippen MR) is 133 cm³/mol. The molecule has 1 heterocycles. The topological polar surface area (TPSA) is 173 Å². The van der Waals surface area contributed by atoms with E-state index in [9.17, 15) is 22.6 Å². The van der Waals surface area contributed by atoms with Gasteiger partial charge in [0.1, 0.15) is 16.4 Å². The predicted octanol–water partition coefficient (Wildman–Crippen LogP) is 3.32. The van der Waals surface area contributed by atoms with Gasteiger partial charge in [0.25, 0.3) is 16.0 Å². The lowest BCUT2D eigenvalue weighted by Gasteiger charge is -2.31. The molecule has 6 N–H and O–H groups in total. The van der Waals surface area contributed by atoms with Gasteiger partial charge in [-0.15, -0.1) is 0 Å². The molecule has 0 radical (unpaired) electrons. The van der Waals surface area contributed by atoms with Crippen LogP contribution in [-0.2, 0) is 14.9 Å². The lowest BCUT2D eigenvalue weighted by molar-refractivity contribution is -0.137. The summed E-state index contributed by atoms with van der Waals surface area (Å²) < 4.78 is 39.7. The SMILES string of the molecule is CN(CCCC(=O)O)C(=O)c1ccccc1C1c2ccc(N)cc2Oc2cc(N)c(S(=O)(=O)O)cc21. The van der Waals surface area contributed by atoms with Crippen LogP contribution in [0.25, 0.3) is 0 Å². The number of nitrogen functional groups attached to an aromatic ring is 2. The number of amides is 1. The summed E-state index contributed by atoms with van der Waals surface area (Å²) in [4.78, 5) is 25.3. The summed E-state index contributed by atoms with van der Waals surface area (Å²) in [6.07, 6.45) is 0.222. The third kappa shape index (κ3) is 4.83. The van der Waals surface area contributed by atoms with Gasteiger partial charge in [-0.3, -0.25) is 14.1 Å². The highest BCUT2D eigenvalue weighted by Crippen LogP contribution is 2.50. The number of hydrogen-bond acceptors (Lipinski definition) is 7. The van der Waals surface area contributed by atoms with Crippen LogP contribution in [0.5, 0.6) is 11.5 Å². The van der Waals surface area contributed by atoms with Crippen LogP contribution in [0.2, 0.25) is 0 Å². The van der Waals surface area contributed by atoms with Crippen LogP contribution >= 0.6 is 0 Å². The van der Waals surface area contributed by atoms with E-state index in [-0.39, 0.29) is 30.3 Å². The Morgan fingerprint density at radius 3 is 2.39 bits per heavy atom. The molecule has 1 aliphatic rings. The normalized spacial score (nSPS) is 14.3. The molecule has 0 bridgehead atoms. The smallest absolute Gasteiger partial charge is 0.303 e. The number of fused-ring (bicyclic) bond motifs is 2. The van der Waals surface area contributed by atoms with E-state index in [4.69, 9.17) is 21.3 Å². The first-order chi connectivity index (χ1) is 17.0. The van der Waals surface area contributed by atoms with Crippen LogP contribution in [0.15, 0.2) is 59.5 Å². The van der Waals surface area contributed by atoms with E-state index >= 15 is 0 Å². The molecule has 36 heavy (non-hydrogen) atoms. The summed E-state index contributed by atoms with van der Waals surface area (Å²) in [7, 11) is -3.05. The molecule has 0 aliphatic carbocycles. The molecule has 0 saturated carbocycles. The summed E-state index contributed by atoms with van der Waals surface area (Å²) in [5, 5.41) is 8.91. The number of nitrogens with zero attached hydrogens (tertiary/aromatic N) is 1. The third-order valence-electron chi connectivity index (χ3n) is 6.03. The lowest BCUT2D eigenvalue weighted by Crippen LogP contribution is -2.29. The number of ether oxygens (including phenoxy) is 1. The van der Waals surface area contributed by atoms with Crippen molar-refractivity contribution in [2.75, 3.05) is 25.1 Å². The van der Waals surface area contributed by atoms with Gasteiger partial charge in [-0.1, -0.05) is 24.3 Å². The maximum absolute atomic E-state index is 13.4. The lowest BCUT2D eigenvalue weighted by atomic mass is 9.80. The fourth-order valence-corrected chi connectivity index (χ4v) is 4.98. The van der Waals surface area contributed by atoms with Gasteiger partial charge in [-0.2, -0.15) is 8.42 Å².